The molecule has 4 aromatic rings. The lowest BCUT2D eigenvalue weighted by Crippen LogP contribution is -2.45. The molecule has 3 fully saturated rings. The molecule has 0 aromatic carbocycles. The van der Waals surface area contributed by atoms with E-state index in [1.165, 1.54) is 32.4 Å². The molecule has 0 amide bonds. The summed E-state index contributed by atoms with van der Waals surface area (Å²) in [4.78, 5) is 25.0. The second-order valence-corrected chi connectivity index (χ2v) is 15.9. The molecule has 43 heavy (non-hydrogen) atoms. The Kier molecular flexibility index (Phi) is 7.34. The Labute approximate surface area is 253 Å². The van der Waals surface area contributed by atoms with Crippen molar-refractivity contribution in [2.75, 3.05) is 19.5 Å². The van der Waals surface area contributed by atoms with Gasteiger partial charge in [0, 0.05) is 13.5 Å². The number of hydrogen-bond donors (Lipinski definition) is 3. The van der Waals surface area contributed by atoms with Crippen molar-refractivity contribution in [2.24, 2.45) is 0 Å². The van der Waals surface area contributed by atoms with Gasteiger partial charge in [0.05, 0.1) is 25.5 Å². The van der Waals surface area contributed by atoms with Crippen LogP contribution in [-0.2, 0) is 41.4 Å². The lowest BCUT2D eigenvalue weighted by atomic mass is 9.98. The van der Waals surface area contributed by atoms with Crippen LogP contribution in [0.5, 0.6) is 0 Å². The van der Waals surface area contributed by atoms with Crippen molar-refractivity contribution in [3.05, 3.63) is 31.5 Å². The molecule has 22 heteroatoms. The minimum absolute atomic E-state index is 0.0838. The minimum Gasteiger partial charge on any atom is -0.382 e. The molecule has 7 heterocycles. The molecule has 3 saturated heterocycles. The molecule has 2 N–H and O–H groups in total. The third-order valence-electron chi connectivity index (χ3n) is 7.35. The average Bonchev–Trinajstić information content (AvgIpc) is 3.72. The minimum atomic E-state index is -4.27. The number of methoxy groups -OCH3 is 1. The molecule has 0 bridgehead atoms. The summed E-state index contributed by atoms with van der Waals surface area (Å²) in [5, 5.41) is 0. The number of anilines is 1. The first-order valence-corrected chi connectivity index (χ1v) is 18.1. The summed E-state index contributed by atoms with van der Waals surface area (Å²) >= 11 is 8.45. The predicted octanol–water partition coefficient (Wildman–Crippen LogP) is 2.69. The first-order valence-electron chi connectivity index (χ1n) is 12.7. The Balaban J connectivity index is 1.22. The molecule has 18 nitrogen and oxygen atoms in total. The maximum atomic E-state index is 13.8. The summed E-state index contributed by atoms with van der Waals surface area (Å²) in [7, 11) is 1.42. The van der Waals surface area contributed by atoms with Gasteiger partial charge in [0.2, 0.25) is 0 Å². The highest BCUT2D eigenvalue weighted by molar-refractivity contribution is 8.44. The summed E-state index contributed by atoms with van der Waals surface area (Å²) in [6, 6.07) is 0. The van der Waals surface area contributed by atoms with Crippen LogP contribution in [0.25, 0.3) is 22.3 Å². The number of imidazole rings is 2. The number of rotatable bonds is 3. The van der Waals surface area contributed by atoms with Gasteiger partial charge >= 0.3 is 13.6 Å². The van der Waals surface area contributed by atoms with Crippen molar-refractivity contribution in [3.63, 3.8) is 0 Å². The van der Waals surface area contributed by atoms with Gasteiger partial charge in [-0.1, -0.05) is 24.5 Å². The van der Waals surface area contributed by atoms with Gasteiger partial charge < -0.3 is 19.9 Å². The third kappa shape index (κ3) is 5.27. The number of aromatic nitrogens is 8. The Hall–Kier alpha value is -2.22. The van der Waals surface area contributed by atoms with E-state index >= 15 is 0 Å². The third-order valence-corrected chi connectivity index (χ3v) is 10.5. The number of nitrogens with zero attached hydrogens (tertiary/aromatic N) is 8. The lowest BCUT2D eigenvalue weighted by Gasteiger charge is -2.32. The van der Waals surface area contributed by atoms with Gasteiger partial charge in [-0.2, -0.15) is 0 Å². The van der Waals surface area contributed by atoms with Gasteiger partial charge in [0.15, 0.2) is 29.6 Å². The molecule has 9 atom stereocenters. The van der Waals surface area contributed by atoms with E-state index in [1.54, 1.807) is 22.3 Å². The first-order chi connectivity index (χ1) is 20.5. The average molecular weight is 674 g/mol. The fourth-order valence-corrected chi connectivity index (χ4v) is 8.64. The van der Waals surface area contributed by atoms with E-state index in [9.17, 15) is 9.13 Å². The van der Waals surface area contributed by atoms with Crippen LogP contribution in [0.15, 0.2) is 31.5 Å². The van der Waals surface area contributed by atoms with Gasteiger partial charge in [0.25, 0.3) is 0 Å². The van der Waals surface area contributed by atoms with Gasteiger partial charge in [-0.3, -0.25) is 27.2 Å². The van der Waals surface area contributed by atoms with Gasteiger partial charge in [0.1, 0.15) is 53.8 Å². The molecule has 0 aliphatic carbocycles. The van der Waals surface area contributed by atoms with Crippen molar-refractivity contribution >= 4 is 66.2 Å². The molecule has 230 valence electrons. The zero-order valence-corrected chi connectivity index (χ0v) is 26.0. The normalized spacial score (nSPS) is 38.6. The van der Waals surface area contributed by atoms with Crippen LogP contribution in [-0.4, -0.2) is 83.0 Å². The Bertz CT molecular complexity index is 1800. The van der Waals surface area contributed by atoms with E-state index in [0.717, 1.165) is 0 Å². The second-order valence-electron chi connectivity index (χ2n) is 10.2. The fourth-order valence-electron chi connectivity index (χ4n) is 5.38. The Morgan fingerprint density at radius 3 is 2.63 bits per heavy atom. The topological polar surface area (TPSA) is 212 Å². The second kappa shape index (κ2) is 10.7. The molecule has 3 aliphatic rings. The van der Waals surface area contributed by atoms with E-state index in [-0.39, 0.29) is 18.8 Å². The SMILES string of the molecule is CO[C@H]1[C@H](n2cnc3c(N)ncnc32)O[C@]2(C)COP(=O)(S)O[C@H]3C[C@H](n4cnc5cncnc54)O[C@@H]3OP(=O)(S)O[C@@H]12. The number of ether oxygens (including phenoxy) is 3. The van der Waals surface area contributed by atoms with Crippen LogP contribution in [0.2, 0.25) is 0 Å². The number of hydrogen-bond acceptors (Lipinski definition) is 16. The van der Waals surface area contributed by atoms with Crippen molar-refractivity contribution in [2.45, 2.75) is 56.0 Å². The predicted molar refractivity (Wildman–Crippen MR) is 153 cm³/mol. The summed E-state index contributed by atoms with van der Waals surface area (Å²) in [6.45, 7) is -7.14. The van der Waals surface area contributed by atoms with Crippen LogP contribution >= 0.6 is 38.1 Å². The van der Waals surface area contributed by atoms with Gasteiger partial charge in [-0.25, -0.2) is 39.0 Å². The van der Waals surface area contributed by atoms with E-state index in [1.807, 2.05) is 0 Å². The van der Waals surface area contributed by atoms with E-state index in [2.05, 4.69) is 54.4 Å². The summed E-state index contributed by atoms with van der Waals surface area (Å²) in [5.74, 6) is 0.165. The largest absolute Gasteiger partial charge is 0.388 e. The van der Waals surface area contributed by atoms with E-state index in [4.69, 9.17) is 38.0 Å². The fraction of sp³-hybridized carbons (Fsp3) is 0.524. The molecule has 0 spiro atoms. The lowest BCUT2D eigenvalue weighted by molar-refractivity contribution is -0.127. The molecule has 4 aromatic heterocycles. The highest BCUT2D eigenvalue weighted by atomic mass is 32.7. The number of fused-ring (bicyclic) bond motifs is 4. The maximum absolute atomic E-state index is 13.8. The first kappa shape index (κ1) is 29.5. The van der Waals surface area contributed by atoms with Crippen molar-refractivity contribution in [1.82, 2.24) is 39.0 Å². The number of thiol groups is 2. The van der Waals surface area contributed by atoms with Crippen molar-refractivity contribution in [1.29, 1.82) is 0 Å². The van der Waals surface area contributed by atoms with Crippen LogP contribution in [0.3, 0.4) is 0 Å². The van der Waals surface area contributed by atoms with Crippen LogP contribution in [0.1, 0.15) is 25.8 Å². The summed E-state index contributed by atoms with van der Waals surface area (Å²) in [5.41, 5.74) is 6.21. The van der Waals surface area contributed by atoms with Gasteiger partial charge in [-0.05, 0) is 6.92 Å². The molecular formula is C21H25N9O9P2S2. The monoisotopic (exact) mass is 673 g/mol. The molecule has 0 saturated carbocycles. The Morgan fingerprint density at radius 2 is 1.81 bits per heavy atom. The zero-order chi connectivity index (χ0) is 30.1. The van der Waals surface area contributed by atoms with Crippen LogP contribution in [0, 0.1) is 0 Å². The Morgan fingerprint density at radius 1 is 1.02 bits per heavy atom. The quantitative estimate of drug-likeness (QED) is 0.211. The van der Waals surface area contributed by atoms with E-state index in [0.29, 0.717) is 22.3 Å². The summed E-state index contributed by atoms with van der Waals surface area (Å²) < 4.78 is 72.1. The van der Waals surface area contributed by atoms with Crippen molar-refractivity contribution < 1.29 is 41.4 Å². The number of nitrogens with two attached hydrogens (primary N) is 1. The smallest absolute Gasteiger partial charge is 0.382 e. The summed E-state index contributed by atoms with van der Waals surface area (Å²) in [6.07, 6.45) is 0.990. The van der Waals surface area contributed by atoms with Crippen molar-refractivity contribution in [3.8, 4) is 0 Å². The zero-order valence-electron chi connectivity index (χ0n) is 22.4. The highest BCUT2D eigenvalue weighted by Crippen LogP contribution is 2.63. The van der Waals surface area contributed by atoms with Crippen LogP contribution < -0.4 is 5.73 Å². The maximum Gasteiger partial charge on any atom is 0.388 e. The van der Waals surface area contributed by atoms with Gasteiger partial charge in [-0.15, -0.1) is 0 Å². The molecule has 2 unspecified atom stereocenters. The number of nitrogen functional groups attached to an aromatic ring is 1. The molecule has 7 rings (SSSR count). The van der Waals surface area contributed by atoms with E-state index < -0.39 is 56.3 Å². The molecule has 0 radical (unpaired) electrons. The molecular weight excluding hydrogens is 648 g/mol. The van der Waals surface area contributed by atoms with Crippen LogP contribution in [0.4, 0.5) is 5.82 Å². The standard InChI is InChI=1S/C21H25N9O9P2S2/c1-21-5-34-40(31,42)37-11-3-12(29-8-27-10-4-23-6-25-17(10)29)35-20(11)39-41(32,43)38-15(21)14(33-2)19(36-21)30-9-28-13-16(22)24-7-26-18(13)30/h4,6-9,11-12,14-15,19-20H,3,5H2,1-2H3,(H,31,42)(H,32,43)(H2,22,24,26)/t11-,12+,14+,15-,19+,20+,21+,40?,41?/m0/s1. The highest BCUT2D eigenvalue weighted by Gasteiger charge is 2.59. The molecule has 3 aliphatic heterocycles.